The molecule has 4 rings (SSSR count). The van der Waals surface area contributed by atoms with Crippen molar-refractivity contribution in [3.63, 3.8) is 0 Å². The molecule has 3 aromatic rings. The zero-order chi connectivity index (χ0) is 20.9. The molecule has 1 fully saturated rings. The van der Waals surface area contributed by atoms with E-state index < -0.39 is 11.9 Å². The van der Waals surface area contributed by atoms with Gasteiger partial charge in [-0.1, -0.05) is 25.0 Å². The van der Waals surface area contributed by atoms with E-state index in [1.807, 2.05) is 0 Å². The van der Waals surface area contributed by atoms with Gasteiger partial charge in [-0.05, 0) is 54.8 Å². The SMILES string of the molecule is O=C(NC1CCCC1)C(c1ccco1)N(Cc1ccc(F)cc1)C(=O)c1ccco1. The summed E-state index contributed by atoms with van der Waals surface area (Å²) in [6.45, 7) is 0.0866. The lowest BCUT2D eigenvalue weighted by molar-refractivity contribution is -0.127. The zero-order valence-electron chi connectivity index (χ0n) is 16.4. The Balaban J connectivity index is 1.68. The molecular weight excluding hydrogens is 387 g/mol. The first kappa shape index (κ1) is 19.9. The van der Waals surface area contributed by atoms with Crippen molar-refractivity contribution in [3.05, 3.63) is 84.0 Å². The summed E-state index contributed by atoms with van der Waals surface area (Å²) < 4.78 is 24.2. The summed E-state index contributed by atoms with van der Waals surface area (Å²) in [7, 11) is 0. The molecule has 2 aromatic heterocycles. The third kappa shape index (κ3) is 4.45. The minimum Gasteiger partial charge on any atom is -0.467 e. The van der Waals surface area contributed by atoms with Gasteiger partial charge in [0.1, 0.15) is 11.6 Å². The minimum atomic E-state index is -0.983. The molecule has 156 valence electrons. The monoisotopic (exact) mass is 410 g/mol. The first-order valence-electron chi connectivity index (χ1n) is 10.0. The maximum atomic E-state index is 13.4. The van der Waals surface area contributed by atoms with Crippen LogP contribution in [-0.4, -0.2) is 22.8 Å². The number of furan rings is 2. The van der Waals surface area contributed by atoms with Gasteiger partial charge in [-0.2, -0.15) is 0 Å². The summed E-state index contributed by atoms with van der Waals surface area (Å²) in [6, 6.07) is 11.4. The fourth-order valence-electron chi connectivity index (χ4n) is 3.83. The van der Waals surface area contributed by atoms with E-state index >= 15 is 0 Å². The highest BCUT2D eigenvalue weighted by Crippen LogP contribution is 2.28. The van der Waals surface area contributed by atoms with Crippen LogP contribution in [0.3, 0.4) is 0 Å². The van der Waals surface area contributed by atoms with E-state index in [0.29, 0.717) is 11.3 Å². The fourth-order valence-corrected chi connectivity index (χ4v) is 3.83. The number of hydrogen-bond acceptors (Lipinski definition) is 4. The maximum Gasteiger partial charge on any atom is 0.290 e. The van der Waals surface area contributed by atoms with Crippen LogP contribution in [-0.2, 0) is 11.3 Å². The van der Waals surface area contributed by atoms with Crippen molar-refractivity contribution in [2.24, 2.45) is 0 Å². The number of amides is 2. The van der Waals surface area contributed by atoms with Crippen molar-refractivity contribution in [2.45, 2.75) is 44.3 Å². The maximum absolute atomic E-state index is 13.4. The number of carbonyl (C=O) groups excluding carboxylic acids is 2. The molecule has 1 aromatic carbocycles. The van der Waals surface area contributed by atoms with E-state index in [1.165, 1.54) is 29.6 Å². The highest BCUT2D eigenvalue weighted by Gasteiger charge is 2.36. The number of benzene rings is 1. The number of carbonyl (C=O) groups is 2. The predicted molar refractivity (Wildman–Crippen MR) is 107 cm³/mol. The third-order valence-electron chi connectivity index (χ3n) is 5.33. The van der Waals surface area contributed by atoms with Crippen molar-refractivity contribution in [2.75, 3.05) is 0 Å². The molecule has 1 aliphatic rings. The molecule has 0 saturated heterocycles. The van der Waals surface area contributed by atoms with Crippen LogP contribution < -0.4 is 5.32 Å². The van der Waals surface area contributed by atoms with Crippen LogP contribution in [0.1, 0.15) is 53.6 Å². The number of hydrogen-bond donors (Lipinski definition) is 1. The fraction of sp³-hybridized carbons (Fsp3) is 0.304. The summed E-state index contributed by atoms with van der Waals surface area (Å²) >= 11 is 0. The van der Waals surface area contributed by atoms with E-state index in [4.69, 9.17) is 8.83 Å². The van der Waals surface area contributed by atoms with Crippen molar-refractivity contribution in [1.82, 2.24) is 10.2 Å². The lowest BCUT2D eigenvalue weighted by Gasteiger charge is -2.30. The van der Waals surface area contributed by atoms with Gasteiger partial charge in [0, 0.05) is 12.6 Å². The summed E-state index contributed by atoms with van der Waals surface area (Å²) in [5, 5.41) is 3.06. The Morgan fingerprint density at radius 1 is 1.03 bits per heavy atom. The summed E-state index contributed by atoms with van der Waals surface area (Å²) in [5.41, 5.74) is 0.682. The van der Waals surface area contributed by atoms with E-state index in [2.05, 4.69) is 5.32 Å². The van der Waals surface area contributed by atoms with Crippen LogP contribution in [0.4, 0.5) is 4.39 Å². The van der Waals surface area contributed by atoms with E-state index in [-0.39, 0.29) is 30.1 Å². The summed E-state index contributed by atoms with van der Waals surface area (Å²) in [5.74, 6) is -0.662. The van der Waals surface area contributed by atoms with Crippen molar-refractivity contribution >= 4 is 11.8 Å². The van der Waals surface area contributed by atoms with Crippen molar-refractivity contribution in [1.29, 1.82) is 0 Å². The molecule has 0 spiro atoms. The predicted octanol–water partition coefficient (Wildman–Crippen LogP) is 4.45. The molecule has 1 unspecified atom stereocenters. The molecule has 0 radical (unpaired) electrons. The Bertz CT molecular complexity index is 961. The van der Waals surface area contributed by atoms with Gasteiger partial charge in [0.05, 0.1) is 12.5 Å². The summed E-state index contributed by atoms with van der Waals surface area (Å²) in [6.07, 6.45) is 6.85. The molecule has 30 heavy (non-hydrogen) atoms. The second-order valence-electron chi connectivity index (χ2n) is 7.44. The number of nitrogens with zero attached hydrogens (tertiary/aromatic N) is 1. The molecule has 1 atom stereocenters. The molecular formula is C23H23FN2O4. The van der Waals surface area contributed by atoms with Gasteiger partial charge in [-0.3, -0.25) is 9.59 Å². The highest BCUT2D eigenvalue weighted by molar-refractivity contribution is 5.95. The third-order valence-corrected chi connectivity index (χ3v) is 5.33. The Morgan fingerprint density at radius 2 is 1.73 bits per heavy atom. The standard InChI is InChI=1S/C23H23FN2O4/c24-17-11-9-16(10-12-17)15-26(23(28)20-8-4-14-30-20)21(19-7-3-13-29-19)22(27)25-18-5-1-2-6-18/h3-4,7-14,18,21H,1-2,5-6,15H2,(H,25,27). The molecule has 7 heteroatoms. The minimum absolute atomic E-state index is 0.0846. The van der Waals surface area contributed by atoms with E-state index in [0.717, 1.165) is 25.7 Å². The van der Waals surface area contributed by atoms with E-state index in [1.54, 1.807) is 36.4 Å². The van der Waals surface area contributed by atoms with Crippen LogP contribution in [0.5, 0.6) is 0 Å². The van der Waals surface area contributed by atoms with Crippen LogP contribution in [0, 0.1) is 5.82 Å². The second kappa shape index (κ2) is 8.98. The van der Waals surface area contributed by atoms with Crippen LogP contribution >= 0.6 is 0 Å². The Morgan fingerprint density at radius 3 is 2.37 bits per heavy atom. The Kier molecular flexibility index (Phi) is 5.97. The molecule has 2 amide bonds. The molecule has 1 N–H and O–H groups in total. The molecule has 6 nitrogen and oxygen atoms in total. The normalized spacial score (nSPS) is 15.1. The van der Waals surface area contributed by atoms with Crippen LogP contribution in [0.2, 0.25) is 0 Å². The van der Waals surface area contributed by atoms with Crippen molar-refractivity contribution in [3.8, 4) is 0 Å². The summed E-state index contributed by atoms with van der Waals surface area (Å²) in [4.78, 5) is 28.0. The number of halogens is 1. The van der Waals surface area contributed by atoms with Crippen molar-refractivity contribution < 1.29 is 22.8 Å². The van der Waals surface area contributed by atoms with E-state index in [9.17, 15) is 14.0 Å². The first-order chi connectivity index (χ1) is 14.6. The molecule has 2 heterocycles. The zero-order valence-corrected chi connectivity index (χ0v) is 16.4. The van der Waals surface area contributed by atoms with Gasteiger partial charge in [0.15, 0.2) is 11.8 Å². The molecule has 0 bridgehead atoms. The lowest BCUT2D eigenvalue weighted by atomic mass is 10.1. The second-order valence-corrected chi connectivity index (χ2v) is 7.44. The average Bonchev–Trinajstić information content (AvgIpc) is 3.52. The van der Waals surface area contributed by atoms with Gasteiger partial charge >= 0.3 is 0 Å². The molecule has 1 aliphatic carbocycles. The number of nitrogens with one attached hydrogen (secondary N) is 1. The van der Waals surface area contributed by atoms with Gasteiger partial charge in [0.25, 0.3) is 11.8 Å². The van der Waals surface area contributed by atoms with Crippen LogP contribution in [0.15, 0.2) is 69.9 Å². The van der Waals surface area contributed by atoms with Gasteiger partial charge in [-0.15, -0.1) is 0 Å². The van der Waals surface area contributed by atoms with Gasteiger partial charge in [0.2, 0.25) is 0 Å². The quantitative estimate of drug-likeness (QED) is 0.624. The highest BCUT2D eigenvalue weighted by atomic mass is 19.1. The largest absolute Gasteiger partial charge is 0.467 e. The van der Waals surface area contributed by atoms with Crippen LogP contribution in [0.25, 0.3) is 0 Å². The topological polar surface area (TPSA) is 75.7 Å². The molecule has 0 aliphatic heterocycles. The molecule has 1 saturated carbocycles. The smallest absolute Gasteiger partial charge is 0.290 e. The first-order valence-corrected chi connectivity index (χ1v) is 10.0. The Labute approximate surface area is 173 Å². The average molecular weight is 410 g/mol. The Hall–Kier alpha value is -3.35. The number of rotatable bonds is 7. The van der Waals surface area contributed by atoms with Gasteiger partial charge < -0.3 is 19.1 Å². The lowest BCUT2D eigenvalue weighted by Crippen LogP contribution is -2.45. The van der Waals surface area contributed by atoms with Gasteiger partial charge in [-0.25, -0.2) is 4.39 Å².